The van der Waals surface area contributed by atoms with Crippen LogP contribution < -0.4 is 0 Å². The fraction of sp³-hybridized carbons (Fsp3) is 0.562. The first-order chi connectivity index (χ1) is 9.17. The van der Waals surface area contributed by atoms with Gasteiger partial charge >= 0.3 is 5.97 Å². The Bertz CT molecular complexity index is 469. The minimum Gasteiger partial charge on any atom is -0.478 e. The van der Waals surface area contributed by atoms with Crippen molar-refractivity contribution < 1.29 is 9.90 Å². The van der Waals surface area contributed by atoms with E-state index in [1.807, 2.05) is 12.1 Å². The van der Waals surface area contributed by atoms with Gasteiger partial charge < -0.3 is 5.11 Å². The highest BCUT2D eigenvalue weighted by molar-refractivity contribution is 5.87. The van der Waals surface area contributed by atoms with Gasteiger partial charge in [-0.25, -0.2) is 4.79 Å². The molecule has 3 nitrogen and oxygen atoms in total. The van der Waals surface area contributed by atoms with Crippen LogP contribution in [0.4, 0.5) is 0 Å². The molecule has 1 aromatic carbocycles. The Balaban J connectivity index is 1.58. The van der Waals surface area contributed by atoms with Crippen LogP contribution in [0.15, 0.2) is 24.3 Å². The number of rotatable bonds is 3. The number of hydrogen-bond donors (Lipinski definition) is 1. The molecule has 1 aromatic rings. The van der Waals surface area contributed by atoms with E-state index in [9.17, 15) is 4.79 Å². The summed E-state index contributed by atoms with van der Waals surface area (Å²) in [6, 6.07) is 7.33. The van der Waals surface area contributed by atoms with Gasteiger partial charge in [-0.05, 0) is 36.0 Å². The van der Waals surface area contributed by atoms with E-state index in [2.05, 4.69) is 4.90 Å². The second-order valence-electron chi connectivity index (χ2n) is 6.21. The maximum Gasteiger partial charge on any atom is 0.335 e. The Kier molecular flexibility index (Phi) is 3.31. The number of benzene rings is 1. The third kappa shape index (κ3) is 2.66. The molecule has 1 heterocycles. The number of hydrogen-bond acceptors (Lipinski definition) is 2. The summed E-state index contributed by atoms with van der Waals surface area (Å²) in [6.07, 6.45) is 6.96. The molecule has 0 amide bonds. The lowest BCUT2D eigenvalue weighted by atomic mass is 9.68. The molecule has 1 spiro atoms. The Hall–Kier alpha value is -1.35. The smallest absolute Gasteiger partial charge is 0.335 e. The van der Waals surface area contributed by atoms with Crippen LogP contribution in [0.1, 0.15) is 48.0 Å². The van der Waals surface area contributed by atoms with Gasteiger partial charge in [-0.15, -0.1) is 0 Å². The average Bonchev–Trinajstić information content (AvgIpc) is 2.38. The summed E-state index contributed by atoms with van der Waals surface area (Å²) in [5.74, 6) is -0.839. The average molecular weight is 259 g/mol. The van der Waals surface area contributed by atoms with Crippen LogP contribution in [-0.2, 0) is 6.54 Å². The highest BCUT2D eigenvalue weighted by Crippen LogP contribution is 2.44. The number of likely N-dealkylation sites (tertiary alicyclic amines) is 1. The molecule has 0 radical (unpaired) electrons. The van der Waals surface area contributed by atoms with Crippen LogP contribution in [0.25, 0.3) is 0 Å². The molecule has 19 heavy (non-hydrogen) atoms. The molecule has 0 atom stereocenters. The lowest BCUT2D eigenvalue weighted by molar-refractivity contribution is -0.0332. The van der Waals surface area contributed by atoms with E-state index in [1.165, 1.54) is 45.2 Å². The maximum atomic E-state index is 11.0. The zero-order valence-electron chi connectivity index (χ0n) is 11.3. The van der Waals surface area contributed by atoms with Crippen LogP contribution in [0, 0.1) is 5.41 Å². The van der Waals surface area contributed by atoms with Crippen LogP contribution in [0.3, 0.4) is 0 Å². The molecule has 1 aliphatic carbocycles. The molecule has 1 saturated carbocycles. The number of nitrogens with zero attached hydrogens (tertiary/aromatic N) is 1. The molecule has 1 N–H and O–H groups in total. The largest absolute Gasteiger partial charge is 0.478 e. The van der Waals surface area contributed by atoms with E-state index in [4.69, 9.17) is 5.11 Å². The molecule has 3 rings (SSSR count). The lowest BCUT2D eigenvalue weighted by Gasteiger charge is -2.52. The van der Waals surface area contributed by atoms with E-state index < -0.39 is 5.97 Å². The van der Waals surface area contributed by atoms with Crippen molar-refractivity contribution in [2.24, 2.45) is 5.41 Å². The number of carboxylic acids is 1. The van der Waals surface area contributed by atoms with Gasteiger partial charge in [0, 0.05) is 19.6 Å². The molecular weight excluding hydrogens is 238 g/mol. The van der Waals surface area contributed by atoms with E-state index in [0.717, 1.165) is 12.1 Å². The molecule has 0 unspecified atom stereocenters. The van der Waals surface area contributed by atoms with Crippen LogP contribution in [0.5, 0.6) is 0 Å². The topological polar surface area (TPSA) is 40.5 Å². The predicted molar refractivity (Wildman–Crippen MR) is 74.2 cm³/mol. The van der Waals surface area contributed by atoms with Gasteiger partial charge in [-0.2, -0.15) is 0 Å². The highest BCUT2D eigenvalue weighted by atomic mass is 16.4. The summed E-state index contributed by atoms with van der Waals surface area (Å²) in [4.78, 5) is 13.4. The first kappa shape index (κ1) is 12.7. The Morgan fingerprint density at radius 3 is 2.63 bits per heavy atom. The van der Waals surface area contributed by atoms with E-state index in [1.54, 1.807) is 12.1 Å². The Labute approximate surface area is 114 Å². The fourth-order valence-corrected chi connectivity index (χ4v) is 3.69. The molecular formula is C16H21NO2. The fourth-order valence-electron chi connectivity index (χ4n) is 3.69. The van der Waals surface area contributed by atoms with E-state index in [-0.39, 0.29) is 0 Å². The SMILES string of the molecule is O=C(O)c1cccc(CN2CC3(CCCCC3)C2)c1. The van der Waals surface area contributed by atoms with Gasteiger partial charge in [0.25, 0.3) is 0 Å². The molecule has 0 aromatic heterocycles. The molecule has 0 bridgehead atoms. The normalized spacial score (nSPS) is 22.1. The van der Waals surface area contributed by atoms with Gasteiger partial charge in [0.2, 0.25) is 0 Å². The molecule has 2 aliphatic rings. The Morgan fingerprint density at radius 1 is 1.21 bits per heavy atom. The maximum absolute atomic E-state index is 11.0. The summed E-state index contributed by atoms with van der Waals surface area (Å²) in [7, 11) is 0. The van der Waals surface area contributed by atoms with E-state index >= 15 is 0 Å². The number of carboxylic acid groups (broad SMARTS) is 1. The summed E-state index contributed by atoms with van der Waals surface area (Å²) < 4.78 is 0. The van der Waals surface area contributed by atoms with Crippen molar-refractivity contribution in [3.8, 4) is 0 Å². The molecule has 2 fully saturated rings. The summed E-state index contributed by atoms with van der Waals surface area (Å²) in [6.45, 7) is 3.29. The van der Waals surface area contributed by atoms with Gasteiger partial charge in [0.05, 0.1) is 5.56 Å². The molecule has 102 valence electrons. The first-order valence-corrected chi connectivity index (χ1v) is 7.22. The minimum absolute atomic E-state index is 0.394. The third-order valence-electron chi connectivity index (χ3n) is 4.61. The van der Waals surface area contributed by atoms with Gasteiger partial charge in [-0.1, -0.05) is 31.4 Å². The molecule has 3 heteroatoms. The van der Waals surface area contributed by atoms with Crippen molar-refractivity contribution in [1.29, 1.82) is 0 Å². The first-order valence-electron chi connectivity index (χ1n) is 7.22. The number of aromatic carboxylic acids is 1. The summed E-state index contributed by atoms with van der Waals surface area (Å²) >= 11 is 0. The van der Waals surface area contributed by atoms with Gasteiger partial charge in [-0.3, -0.25) is 4.90 Å². The quantitative estimate of drug-likeness (QED) is 0.906. The molecule has 1 aliphatic heterocycles. The summed E-state index contributed by atoms with van der Waals surface area (Å²) in [5, 5.41) is 9.00. The second kappa shape index (κ2) is 4.97. The van der Waals surface area contributed by atoms with Gasteiger partial charge in [0.15, 0.2) is 0 Å². The lowest BCUT2D eigenvalue weighted by Crippen LogP contribution is -2.56. The van der Waals surface area contributed by atoms with Crippen molar-refractivity contribution in [1.82, 2.24) is 4.90 Å². The van der Waals surface area contributed by atoms with Crippen LogP contribution in [-0.4, -0.2) is 29.1 Å². The van der Waals surface area contributed by atoms with Crippen molar-refractivity contribution in [2.45, 2.75) is 38.6 Å². The summed E-state index contributed by atoms with van der Waals surface area (Å²) in [5.41, 5.74) is 2.11. The Morgan fingerprint density at radius 2 is 1.95 bits per heavy atom. The third-order valence-corrected chi connectivity index (χ3v) is 4.61. The zero-order chi connectivity index (χ0) is 13.3. The molecule has 1 saturated heterocycles. The minimum atomic E-state index is -0.839. The second-order valence-corrected chi connectivity index (χ2v) is 6.21. The van der Waals surface area contributed by atoms with E-state index in [0.29, 0.717) is 11.0 Å². The van der Waals surface area contributed by atoms with Gasteiger partial charge in [0.1, 0.15) is 0 Å². The highest BCUT2D eigenvalue weighted by Gasteiger charge is 2.42. The number of carbonyl (C=O) groups is 1. The van der Waals surface area contributed by atoms with Crippen LogP contribution >= 0.6 is 0 Å². The van der Waals surface area contributed by atoms with Crippen LogP contribution in [0.2, 0.25) is 0 Å². The zero-order valence-corrected chi connectivity index (χ0v) is 11.3. The van der Waals surface area contributed by atoms with Crippen molar-refractivity contribution in [2.75, 3.05) is 13.1 Å². The van der Waals surface area contributed by atoms with Crippen molar-refractivity contribution in [3.63, 3.8) is 0 Å². The predicted octanol–water partition coefficient (Wildman–Crippen LogP) is 3.15. The monoisotopic (exact) mass is 259 g/mol. The van der Waals surface area contributed by atoms with Crippen molar-refractivity contribution >= 4 is 5.97 Å². The van der Waals surface area contributed by atoms with Crippen molar-refractivity contribution in [3.05, 3.63) is 35.4 Å². The standard InChI is InChI=1S/C16H21NO2/c18-15(19)14-6-4-5-13(9-14)10-17-11-16(12-17)7-2-1-3-8-16/h4-6,9H,1-3,7-8,10-12H2,(H,18,19).